The van der Waals surface area contributed by atoms with Crippen LogP contribution in [0.4, 0.5) is 4.39 Å². The van der Waals surface area contributed by atoms with Crippen molar-refractivity contribution < 1.29 is 17.5 Å². The molecule has 0 aromatic heterocycles. The lowest BCUT2D eigenvalue weighted by molar-refractivity contribution is 0.184. The molecule has 0 fully saturated rings. The fourth-order valence-electron chi connectivity index (χ4n) is 0.991. The van der Waals surface area contributed by atoms with Gasteiger partial charge in [0, 0.05) is 17.8 Å². The number of hydrogen-bond acceptors (Lipinski definition) is 3. The smallest absolute Gasteiger partial charge is 0.264 e. The highest BCUT2D eigenvalue weighted by Crippen LogP contribution is 2.20. The van der Waals surface area contributed by atoms with Gasteiger partial charge < -0.3 is 4.74 Å². The van der Waals surface area contributed by atoms with Crippen molar-refractivity contribution in [3.05, 3.63) is 29.6 Å². The summed E-state index contributed by atoms with van der Waals surface area (Å²) in [6, 6.07) is 3.63. The maximum Gasteiger partial charge on any atom is 0.264 e. The summed E-state index contributed by atoms with van der Waals surface area (Å²) in [5.41, 5.74) is 0.549. The lowest BCUT2D eigenvalue weighted by atomic mass is 10.2. The topological polar surface area (TPSA) is 43.4 Å². The molecule has 0 saturated heterocycles. The predicted octanol–water partition coefficient (Wildman–Crippen LogP) is 1.90. The molecule has 0 heterocycles. The first-order chi connectivity index (χ1) is 6.45. The van der Waals surface area contributed by atoms with Crippen LogP contribution in [0, 0.1) is 5.82 Å². The third-order valence-corrected chi connectivity index (χ3v) is 2.91. The van der Waals surface area contributed by atoms with Gasteiger partial charge in [-0.3, -0.25) is 0 Å². The van der Waals surface area contributed by atoms with Crippen molar-refractivity contribution in [3.8, 4) is 0 Å². The molecule has 0 aliphatic heterocycles. The summed E-state index contributed by atoms with van der Waals surface area (Å²) in [5.74, 6) is -0.861. The largest absolute Gasteiger partial charge is 0.380 e. The highest BCUT2D eigenvalue weighted by atomic mass is 35.7. The van der Waals surface area contributed by atoms with E-state index in [2.05, 4.69) is 0 Å². The molecule has 0 radical (unpaired) electrons. The molecule has 1 aromatic carbocycles. The van der Waals surface area contributed by atoms with Crippen molar-refractivity contribution in [3.63, 3.8) is 0 Å². The summed E-state index contributed by atoms with van der Waals surface area (Å²) >= 11 is 0. The fourth-order valence-corrected chi connectivity index (χ4v) is 1.94. The van der Waals surface area contributed by atoms with Gasteiger partial charge in [0.2, 0.25) is 0 Å². The molecule has 6 heteroatoms. The molecule has 0 unspecified atom stereocenters. The van der Waals surface area contributed by atoms with E-state index in [9.17, 15) is 12.8 Å². The molecular weight excluding hydrogens is 231 g/mol. The van der Waals surface area contributed by atoms with Crippen molar-refractivity contribution >= 4 is 19.7 Å². The van der Waals surface area contributed by atoms with Crippen LogP contribution in [0.1, 0.15) is 5.56 Å². The summed E-state index contributed by atoms with van der Waals surface area (Å²) in [6.45, 7) is 0.208. The van der Waals surface area contributed by atoms with Crippen LogP contribution in [0.3, 0.4) is 0 Å². The highest BCUT2D eigenvalue weighted by Gasteiger charge is 2.16. The highest BCUT2D eigenvalue weighted by molar-refractivity contribution is 8.13. The molecule has 0 saturated carbocycles. The second-order valence-electron chi connectivity index (χ2n) is 2.64. The second kappa shape index (κ2) is 4.25. The van der Waals surface area contributed by atoms with Gasteiger partial charge in [-0.05, 0) is 17.7 Å². The van der Waals surface area contributed by atoms with Gasteiger partial charge in [0.15, 0.2) is 0 Å². The van der Waals surface area contributed by atoms with Gasteiger partial charge in [-0.1, -0.05) is 6.07 Å². The Labute approximate surface area is 85.9 Å². The first kappa shape index (κ1) is 11.4. The average Bonchev–Trinajstić information content (AvgIpc) is 2.07. The van der Waals surface area contributed by atoms with Gasteiger partial charge in [0.1, 0.15) is 10.7 Å². The van der Waals surface area contributed by atoms with Gasteiger partial charge in [0.25, 0.3) is 9.05 Å². The third kappa shape index (κ3) is 2.67. The summed E-state index contributed by atoms with van der Waals surface area (Å²) in [7, 11) is 2.45. The minimum Gasteiger partial charge on any atom is -0.380 e. The Morgan fingerprint density at radius 2 is 2.14 bits per heavy atom. The van der Waals surface area contributed by atoms with Crippen LogP contribution in [0.5, 0.6) is 0 Å². The van der Waals surface area contributed by atoms with Crippen LogP contribution in [0.25, 0.3) is 0 Å². The van der Waals surface area contributed by atoms with E-state index >= 15 is 0 Å². The van der Waals surface area contributed by atoms with E-state index < -0.39 is 19.8 Å². The molecule has 0 amide bonds. The molecule has 1 aromatic rings. The minimum atomic E-state index is -4.03. The van der Waals surface area contributed by atoms with Crippen molar-refractivity contribution in [2.45, 2.75) is 11.5 Å². The summed E-state index contributed by atoms with van der Waals surface area (Å²) in [6.07, 6.45) is 0. The van der Waals surface area contributed by atoms with E-state index in [4.69, 9.17) is 15.4 Å². The maximum atomic E-state index is 13.0. The molecule has 78 valence electrons. The Kier molecular flexibility index (Phi) is 3.47. The van der Waals surface area contributed by atoms with Crippen LogP contribution >= 0.6 is 10.7 Å². The first-order valence-corrected chi connectivity index (χ1v) is 5.98. The quantitative estimate of drug-likeness (QED) is 0.756. The zero-order valence-electron chi connectivity index (χ0n) is 7.33. The molecule has 0 spiro atoms. The van der Waals surface area contributed by atoms with Crippen LogP contribution < -0.4 is 0 Å². The summed E-state index contributed by atoms with van der Waals surface area (Å²) < 4.78 is 39.6. The lowest BCUT2D eigenvalue weighted by Gasteiger charge is -2.02. The van der Waals surface area contributed by atoms with Crippen LogP contribution in [-0.4, -0.2) is 15.5 Å². The molecule has 3 nitrogen and oxygen atoms in total. The van der Waals surface area contributed by atoms with Gasteiger partial charge in [-0.25, -0.2) is 12.8 Å². The van der Waals surface area contributed by atoms with E-state index in [1.165, 1.54) is 13.2 Å². The number of methoxy groups -OCH3 is 1. The Bertz CT molecular complexity index is 430. The lowest BCUT2D eigenvalue weighted by Crippen LogP contribution is -1.98. The second-order valence-corrected chi connectivity index (χ2v) is 5.17. The van der Waals surface area contributed by atoms with Crippen molar-refractivity contribution in [2.75, 3.05) is 7.11 Å². The first-order valence-electron chi connectivity index (χ1n) is 3.67. The Balaban J connectivity index is 3.22. The van der Waals surface area contributed by atoms with E-state index in [0.29, 0.717) is 5.56 Å². The average molecular weight is 239 g/mol. The fraction of sp³-hybridized carbons (Fsp3) is 0.250. The maximum absolute atomic E-state index is 13.0. The molecule has 0 N–H and O–H groups in total. The van der Waals surface area contributed by atoms with Gasteiger partial charge in [-0.15, -0.1) is 0 Å². The van der Waals surface area contributed by atoms with E-state index in [1.807, 2.05) is 0 Å². The molecule has 1 rings (SSSR count). The van der Waals surface area contributed by atoms with Gasteiger partial charge in [-0.2, -0.15) is 0 Å². The Hall–Kier alpha value is -0.650. The van der Waals surface area contributed by atoms with E-state index in [1.54, 1.807) is 0 Å². The number of hydrogen-bond donors (Lipinski definition) is 0. The summed E-state index contributed by atoms with van der Waals surface area (Å²) in [4.78, 5) is -0.520. The SMILES string of the molecule is COCc1ccc(F)c(S(=O)(=O)Cl)c1. The zero-order chi connectivity index (χ0) is 10.8. The molecule has 0 bridgehead atoms. The predicted molar refractivity (Wildman–Crippen MR) is 50.2 cm³/mol. The molecule has 14 heavy (non-hydrogen) atoms. The minimum absolute atomic E-state index is 0.208. The van der Waals surface area contributed by atoms with Crippen LogP contribution in [0.2, 0.25) is 0 Å². The number of benzene rings is 1. The molecule has 0 aliphatic rings. The number of rotatable bonds is 3. The van der Waals surface area contributed by atoms with Gasteiger partial charge >= 0.3 is 0 Å². The van der Waals surface area contributed by atoms with Gasteiger partial charge in [0.05, 0.1) is 6.61 Å². The van der Waals surface area contributed by atoms with E-state index in [0.717, 1.165) is 12.1 Å². The standard InChI is InChI=1S/C8H8ClFO3S/c1-13-5-6-2-3-7(10)8(4-6)14(9,11)12/h2-4H,5H2,1H3. The van der Waals surface area contributed by atoms with Crippen molar-refractivity contribution in [2.24, 2.45) is 0 Å². The molecular formula is C8H8ClFO3S. The van der Waals surface area contributed by atoms with E-state index in [-0.39, 0.29) is 6.61 Å². The van der Waals surface area contributed by atoms with Crippen LogP contribution in [0.15, 0.2) is 23.1 Å². The Morgan fingerprint density at radius 3 is 2.64 bits per heavy atom. The third-order valence-electron chi connectivity index (χ3n) is 1.57. The zero-order valence-corrected chi connectivity index (χ0v) is 8.90. The number of ether oxygens (including phenoxy) is 1. The number of halogens is 2. The molecule has 0 aliphatic carbocycles. The van der Waals surface area contributed by atoms with Crippen LogP contribution in [-0.2, 0) is 20.4 Å². The normalized spacial score (nSPS) is 11.6. The molecule has 0 atom stereocenters. The summed E-state index contributed by atoms with van der Waals surface area (Å²) in [5, 5.41) is 0. The van der Waals surface area contributed by atoms with Crippen molar-refractivity contribution in [1.29, 1.82) is 0 Å². The Morgan fingerprint density at radius 1 is 1.50 bits per heavy atom. The van der Waals surface area contributed by atoms with Crippen molar-refractivity contribution in [1.82, 2.24) is 0 Å². The monoisotopic (exact) mass is 238 g/mol.